The Balaban J connectivity index is 1.50. The lowest BCUT2D eigenvalue weighted by atomic mass is 9.84. The first-order valence-electron chi connectivity index (χ1n) is 16.9. The molecule has 2 atom stereocenters. The van der Waals surface area contributed by atoms with Crippen molar-refractivity contribution in [1.29, 1.82) is 0 Å². The van der Waals surface area contributed by atoms with Crippen LogP contribution >= 0.6 is 0 Å². The van der Waals surface area contributed by atoms with Gasteiger partial charge in [-0.1, -0.05) is 31.0 Å². The number of nitrogens with one attached hydrogen (secondary N) is 1. The molecule has 9 rings (SSSR count). The quantitative estimate of drug-likeness (QED) is 0.371. The third-order valence-electron chi connectivity index (χ3n) is 10.9. The molecule has 1 unspecified atom stereocenters. The molecule has 1 aromatic carbocycles. The highest BCUT2D eigenvalue weighted by Gasteiger charge is 2.45. The maximum atomic E-state index is 16.1. The summed E-state index contributed by atoms with van der Waals surface area (Å²) in [5.74, 6) is -5.11. The van der Waals surface area contributed by atoms with Gasteiger partial charge in [0, 0.05) is 64.3 Å². The molecule has 12 heteroatoms. The first-order valence-corrected chi connectivity index (χ1v) is 16.9. The van der Waals surface area contributed by atoms with Gasteiger partial charge < -0.3 is 19.7 Å². The van der Waals surface area contributed by atoms with Crippen molar-refractivity contribution >= 4 is 16.9 Å². The Morgan fingerprint density at radius 2 is 1.72 bits per heavy atom. The number of alkyl halides is 2. The van der Waals surface area contributed by atoms with Crippen molar-refractivity contribution in [3.8, 4) is 0 Å². The molecule has 6 bridgehead atoms. The Hall–Kier alpha value is -3.22. The minimum absolute atomic E-state index is 0.0459. The number of nitrogens with zero attached hydrogens (tertiary/aromatic N) is 4. The van der Waals surface area contributed by atoms with Crippen LogP contribution in [-0.4, -0.2) is 58.5 Å². The monoisotopic (exact) mass is 657 g/mol. The highest BCUT2D eigenvalue weighted by atomic mass is 19.3. The van der Waals surface area contributed by atoms with Gasteiger partial charge in [-0.2, -0.15) is 4.98 Å². The molecule has 47 heavy (non-hydrogen) atoms. The van der Waals surface area contributed by atoms with Crippen molar-refractivity contribution in [2.24, 2.45) is 13.0 Å². The SMILES string of the molecule is COC1(c2cc3c4nc(=O)n(c3n(C)c2=O)CCCCCC(C)N2CCC(CC2)C(F)(F)c2cccc(c2F)[C@@H](C)N4)CCOCC1. The van der Waals surface area contributed by atoms with Crippen LogP contribution in [0.25, 0.3) is 11.0 Å². The zero-order chi connectivity index (χ0) is 33.5. The fraction of sp³-hybridized carbons (Fsp3) is 0.629. The second-order valence-corrected chi connectivity index (χ2v) is 13.6. The molecule has 2 fully saturated rings. The molecule has 6 aliphatic heterocycles. The van der Waals surface area contributed by atoms with Crippen molar-refractivity contribution in [1.82, 2.24) is 19.0 Å². The predicted molar refractivity (Wildman–Crippen MR) is 175 cm³/mol. The van der Waals surface area contributed by atoms with E-state index in [1.54, 1.807) is 27.1 Å². The normalized spacial score (nSPS) is 26.6. The van der Waals surface area contributed by atoms with Gasteiger partial charge >= 0.3 is 5.69 Å². The van der Waals surface area contributed by atoms with E-state index in [9.17, 15) is 9.59 Å². The Morgan fingerprint density at radius 3 is 2.43 bits per heavy atom. The average Bonchev–Trinajstić information content (AvgIpc) is 3.07. The number of pyridine rings is 1. The first kappa shape index (κ1) is 33.7. The van der Waals surface area contributed by atoms with Crippen LogP contribution in [0.4, 0.5) is 19.0 Å². The molecule has 256 valence electrons. The van der Waals surface area contributed by atoms with Gasteiger partial charge in [0.25, 0.3) is 11.5 Å². The molecular formula is C35H46F3N5O4. The molecule has 1 N–H and O–H groups in total. The molecule has 3 aromatic rings. The van der Waals surface area contributed by atoms with Gasteiger partial charge in [0.1, 0.15) is 22.9 Å². The number of hydrogen-bond donors (Lipinski definition) is 1. The standard InChI is InChI=1S/C35H46F3N5O4/c1-22-9-6-5-7-16-43-31-26(21-28(32(44)41(31)3)34(46-4)14-19-47-20-15-34)30(40-33(43)45)39-23(2)25-10-8-11-27(29(25)36)35(37,38)24-12-17-42(22)18-13-24/h8,10-11,21-24H,5-7,9,12-20H2,1-4H3,(H,39,40,45)/t22?,23-/m1/s1. The Kier molecular flexibility index (Phi) is 9.57. The van der Waals surface area contributed by atoms with E-state index < -0.39 is 40.6 Å². The molecule has 9 nitrogen and oxygen atoms in total. The molecule has 0 radical (unpaired) electrons. The summed E-state index contributed by atoms with van der Waals surface area (Å²) in [6.07, 6.45) is 4.92. The Morgan fingerprint density at radius 1 is 1.00 bits per heavy atom. The topological polar surface area (TPSA) is 90.6 Å². The largest absolute Gasteiger partial charge is 0.381 e. The van der Waals surface area contributed by atoms with Gasteiger partial charge in [0.15, 0.2) is 0 Å². The molecule has 2 saturated heterocycles. The van der Waals surface area contributed by atoms with E-state index >= 15 is 13.2 Å². The summed E-state index contributed by atoms with van der Waals surface area (Å²) >= 11 is 0. The van der Waals surface area contributed by atoms with Gasteiger partial charge in [-0.15, -0.1) is 0 Å². The molecule has 0 amide bonds. The van der Waals surface area contributed by atoms with E-state index in [1.165, 1.54) is 27.3 Å². The molecule has 0 aliphatic carbocycles. The van der Waals surface area contributed by atoms with Crippen LogP contribution in [0.1, 0.15) is 87.9 Å². The fourth-order valence-electron chi connectivity index (χ4n) is 7.87. The number of hydrogen-bond acceptors (Lipinski definition) is 7. The number of rotatable bonds is 2. The summed E-state index contributed by atoms with van der Waals surface area (Å²) in [6.45, 7) is 6.10. The third-order valence-corrected chi connectivity index (χ3v) is 10.9. The average molecular weight is 658 g/mol. The van der Waals surface area contributed by atoms with Crippen LogP contribution in [0.3, 0.4) is 0 Å². The maximum Gasteiger partial charge on any atom is 0.351 e. The molecular weight excluding hydrogens is 611 g/mol. The lowest BCUT2D eigenvalue weighted by Gasteiger charge is -2.39. The van der Waals surface area contributed by atoms with Crippen LogP contribution in [0.5, 0.6) is 0 Å². The van der Waals surface area contributed by atoms with Crippen LogP contribution in [0, 0.1) is 11.7 Å². The van der Waals surface area contributed by atoms with E-state index in [-0.39, 0.29) is 23.0 Å². The highest BCUT2D eigenvalue weighted by molar-refractivity contribution is 5.88. The molecule has 6 aliphatic rings. The fourth-order valence-corrected chi connectivity index (χ4v) is 7.87. The first-order chi connectivity index (χ1) is 22.5. The Labute approximate surface area is 273 Å². The van der Waals surface area contributed by atoms with Crippen molar-refractivity contribution < 1.29 is 22.6 Å². The zero-order valence-electron chi connectivity index (χ0n) is 27.8. The zero-order valence-corrected chi connectivity index (χ0v) is 27.8. The van der Waals surface area contributed by atoms with Crippen LogP contribution in [0.2, 0.25) is 0 Å². The van der Waals surface area contributed by atoms with Crippen LogP contribution in [0.15, 0.2) is 33.9 Å². The Bertz CT molecular complexity index is 1730. The number of piperidine rings is 1. The molecule has 2 aromatic heterocycles. The van der Waals surface area contributed by atoms with E-state index in [1.807, 2.05) is 0 Å². The minimum atomic E-state index is -3.34. The smallest absolute Gasteiger partial charge is 0.351 e. The summed E-state index contributed by atoms with van der Waals surface area (Å²) in [7, 11) is 3.21. The molecule has 8 heterocycles. The summed E-state index contributed by atoms with van der Waals surface area (Å²) in [5, 5.41) is 3.66. The lowest BCUT2D eigenvalue weighted by molar-refractivity contribution is -0.0956. The van der Waals surface area contributed by atoms with Gasteiger partial charge in [0.2, 0.25) is 0 Å². The van der Waals surface area contributed by atoms with Crippen molar-refractivity contribution in [3.63, 3.8) is 0 Å². The van der Waals surface area contributed by atoms with Gasteiger partial charge in [-0.3, -0.25) is 13.9 Å². The lowest BCUT2D eigenvalue weighted by Crippen LogP contribution is -2.43. The minimum Gasteiger partial charge on any atom is -0.381 e. The third kappa shape index (κ3) is 6.12. The van der Waals surface area contributed by atoms with Gasteiger partial charge in [0.05, 0.1) is 22.6 Å². The summed E-state index contributed by atoms with van der Waals surface area (Å²) in [6, 6.07) is 5.25. The van der Waals surface area contributed by atoms with Crippen molar-refractivity contribution in [2.75, 3.05) is 38.7 Å². The van der Waals surface area contributed by atoms with Gasteiger partial charge in [-0.25, -0.2) is 18.0 Å². The predicted octanol–water partition coefficient (Wildman–Crippen LogP) is 5.83. The van der Waals surface area contributed by atoms with Crippen molar-refractivity contribution in [3.05, 3.63) is 67.6 Å². The number of aromatic nitrogens is 3. The summed E-state index contributed by atoms with van der Waals surface area (Å²) in [4.78, 5) is 34.3. The summed E-state index contributed by atoms with van der Waals surface area (Å²) in [5.41, 5.74) is -1.48. The van der Waals surface area contributed by atoms with Gasteiger partial charge in [-0.05, 0) is 58.7 Å². The maximum absolute atomic E-state index is 16.1. The number of ether oxygens (including phenoxy) is 2. The number of aryl methyl sites for hydroxylation is 2. The van der Waals surface area contributed by atoms with Crippen LogP contribution in [-0.2, 0) is 34.6 Å². The van der Waals surface area contributed by atoms with Crippen molar-refractivity contribution in [2.45, 2.75) is 95.4 Å². The second-order valence-electron chi connectivity index (χ2n) is 13.6. The van der Waals surface area contributed by atoms with E-state index in [2.05, 4.69) is 22.1 Å². The number of halogens is 3. The number of benzene rings is 1. The second kappa shape index (κ2) is 13.4. The summed E-state index contributed by atoms with van der Waals surface area (Å²) < 4.78 is 62.7. The van der Waals surface area contributed by atoms with E-state index in [0.717, 1.165) is 19.3 Å². The molecule has 0 saturated carbocycles. The van der Waals surface area contributed by atoms with E-state index in [0.29, 0.717) is 81.5 Å². The molecule has 0 spiro atoms. The number of methoxy groups -OCH3 is 1. The number of anilines is 1. The van der Waals surface area contributed by atoms with E-state index in [4.69, 9.17) is 9.47 Å². The highest BCUT2D eigenvalue weighted by Crippen LogP contribution is 2.44. The van der Waals surface area contributed by atoms with Crippen LogP contribution < -0.4 is 16.6 Å².